The lowest BCUT2D eigenvalue weighted by atomic mass is 9.90. The summed E-state index contributed by atoms with van der Waals surface area (Å²) in [6, 6.07) is 5.67. The number of aliphatic hydroxyl groups is 1. The number of anilines is 3. The first kappa shape index (κ1) is 25.6. The van der Waals surface area contributed by atoms with Gasteiger partial charge in [0.05, 0.1) is 28.9 Å². The van der Waals surface area contributed by atoms with E-state index in [0.29, 0.717) is 23.3 Å². The maximum Gasteiger partial charge on any atom is 0.228 e. The minimum atomic E-state index is -0.0180. The van der Waals surface area contributed by atoms with E-state index in [2.05, 4.69) is 50.8 Å². The van der Waals surface area contributed by atoms with Crippen molar-refractivity contribution in [1.29, 1.82) is 5.26 Å². The lowest BCUT2D eigenvalue weighted by molar-refractivity contribution is 0.153. The van der Waals surface area contributed by atoms with Gasteiger partial charge < -0.3 is 15.3 Å². The quantitative estimate of drug-likeness (QED) is 0.363. The molecule has 2 aliphatic heterocycles. The lowest BCUT2D eigenvalue weighted by Gasteiger charge is -2.49. The van der Waals surface area contributed by atoms with Gasteiger partial charge in [-0.3, -0.25) is 0 Å². The normalized spacial score (nSPS) is 23.5. The third kappa shape index (κ3) is 5.18. The van der Waals surface area contributed by atoms with Crippen LogP contribution in [-0.4, -0.2) is 66.9 Å². The Morgan fingerprint density at radius 3 is 2.64 bits per heavy atom. The molecule has 0 bridgehead atoms. The van der Waals surface area contributed by atoms with E-state index >= 15 is 0 Å². The SMILES string of the molecule is CCC1CC(N(C)c2nc(Nc3ncc(CO)s3)c3ccsc3n2)CC(CC)N1SN1CC(C#N)C1. The molecule has 9 nitrogen and oxygen atoms in total. The molecule has 0 spiro atoms. The minimum absolute atomic E-state index is 0.0180. The molecule has 0 saturated carbocycles. The molecule has 5 rings (SSSR count). The van der Waals surface area contributed by atoms with Crippen LogP contribution >= 0.6 is 34.8 Å². The summed E-state index contributed by atoms with van der Waals surface area (Å²) in [6.45, 7) is 6.24. The van der Waals surface area contributed by atoms with E-state index in [1.165, 1.54) is 11.3 Å². The monoisotopic (exact) mass is 544 g/mol. The van der Waals surface area contributed by atoms with E-state index in [9.17, 15) is 5.11 Å². The van der Waals surface area contributed by atoms with Gasteiger partial charge in [-0.05, 0) is 37.1 Å². The molecule has 3 aromatic rings. The van der Waals surface area contributed by atoms with Crippen molar-refractivity contribution in [2.24, 2.45) is 5.92 Å². The van der Waals surface area contributed by atoms with Crippen LogP contribution in [0.5, 0.6) is 0 Å². The first-order chi connectivity index (χ1) is 17.5. The Bertz CT molecular complexity index is 1210. The number of hydrogen-bond donors (Lipinski definition) is 2. The van der Waals surface area contributed by atoms with Crippen LogP contribution in [-0.2, 0) is 6.61 Å². The van der Waals surface area contributed by atoms with Gasteiger partial charge in [-0.2, -0.15) is 10.2 Å². The highest BCUT2D eigenvalue weighted by atomic mass is 32.2. The second-order valence-electron chi connectivity index (χ2n) is 9.40. The molecule has 12 heteroatoms. The van der Waals surface area contributed by atoms with Crippen molar-refractivity contribution in [3.63, 3.8) is 0 Å². The molecule has 0 amide bonds. The Morgan fingerprint density at radius 1 is 1.25 bits per heavy atom. The average molecular weight is 545 g/mol. The molecule has 2 N–H and O–H groups in total. The third-order valence-corrected chi connectivity index (χ3v) is 10.1. The van der Waals surface area contributed by atoms with Crippen LogP contribution in [0.1, 0.15) is 44.4 Å². The zero-order chi connectivity index (χ0) is 25.2. The number of nitriles is 1. The first-order valence-electron chi connectivity index (χ1n) is 12.4. The predicted molar refractivity (Wildman–Crippen MR) is 148 cm³/mol. The average Bonchev–Trinajstić information content (AvgIpc) is 3.54. The standard InChI is InChI=1S/C24H32N8OS3/c1-4-16-8-18(9-17(5-2)32(16)36-31-12-15(10-25)13-31)30(3)23-27-21(20-6-7-34-22(20)29-23)28-24-26-11-19(14-33)35-24/h6-7,11,15-18,33H,4-5,8-9,12-14H2,1-3H3,(H,26,27,28,29). The molecule has 0 aliphatic carbocycles. The molecule has 5 heterocycles. The Kier molecular flexibility index (Phi) is 7.95. The lowest BCUT2D eigenvalue weighted by Crippen LogP contribution is -2.54. The van der Waals surface area contributed by atoms with Gasteiger partial charge >= 0.3 is 0 Å². The maximum absolute atomic E-state index is 9.40. The van der Waals surface area contributed by atoms with Crippen LogP contribution in [0.3, 0.4) is 0 Å². The van der Waals surface area contributed by atoms with Crippen molar-refractivity contribution in [2.45, 2.75) is 64.3 Å². The van der Waals surface area contributed by atoms with Crippen molar-refractivity contribution in [2.75, 3.05) is 30.4 Å². The van der Waals surface area contributed by atoms with Crippen LogP contribution in [0.25, 0.3) is 10.2 Å². The highest BCUT2D eigenvalue weighted by Crippen LogP contribution is 2.39. The van der Waals surface area contributed by atoms with Crippen LogP contribution in [0.2, 0.25) is 0 Å². The van der Waals surface area contributed by atoms with E-state index in [1.54, 1.807) is 17.5 Å². The van der Waals surface area contributed by atoms with E-state index in [0.717, 1.165) is 65.6 Å². The highest BCUT2D eigenvalue weighted by molar-refractivity contribution is 7.94. The molecule has 2 fully saturated rings. The Hall–Kier alpha value is -2.01. The number of nitrogens with one attached hydrogen (secondary N) is 1. The van der Waals surface area contributed by atoms with Gasteiger partial charge in [0.2, 0.25) is 5.95 Å². The van der Waals surface area contributed by atoms with Gasteiger partial charge in [0, 0.05) is 56.6 Å². The van der Waals surface area contributed by atoms with Crippen LogP contribution < -0.4 is 10.2 Å². The fourth-order valence-corrected chi connectivity index (χ4v) is 7.82. The predicted octanol–water partition coefficient (Wildman–Crippen LogP) is 4.86. The Balaban J connectivity index is 1.35. The van der Waals surface area contributed by atoms with Crippen molar-refractivity contribution >= 4 is 61.9 Å². The maximum atomic E-state index is 9.40. The summed E-state index contributed by atoms with van der Waals surface area (Å²) >= 11 is 4.89. The number of fused-ring (bicyclic) bond motifs is 1. The molecule has 2 atom stereocenters. The highest BCUT2D eigenvalue weighted by Gasteiger charge is 2.40. The summed E-state index contributed by atoms with van der Waals surface area (Å²) in [5.74, 6) is 1.65. The number of piperidine rings is 1. The number of hydrogen-bond acceptors (Lipinski definition) is 12. The molecule has 2 unspecified atom stereocenters. The summed E-state index contributed by atoms with van der Waals surface area (Å²) in [6.07, 6.45) is 5.95. The Morgan fingerprint density at radius 2 is 2.00 bits per heavy atom. The number of aromatic nitrogens is 3. The van der Waals surface area contributed by atoms with Gasteiger partial charge in [-0.1, -0.05) is 25.2 Å². The largest absolute Gasteiger partial charge is 0.391 e. The van der Waals surface area contributed by atoms with Gasteiger partial charge in [-0.25, -0.2) is 18.6 Å². The topological polar surface area (TPSA) is 104 Å². The number of rotatable bonds is 9. The zero-order valence-electron chi connectivity index (χ0n) is 20.8. The molecule has 192 valence electrons. The zero-order valence-corrected chi connectivity index (χ0v) is 23.2. The molecule has 0 aromatic carbocycles. The molecule has 2 saturated heterocycles. The van der Waals surface area contributed by atoms with Crippen molar-refractivity contribution in [3.8, 4) is 6.07 Å². The second-order valence-corrected chi connectivity index (χ2v) is 12.5. The van der Waals surface area contributed by atoms with Crippen LogP contribution in [0, 0.1) is 17.2 Å². The summed E-state index contributed by atoms with van der Waals surface area (Å²) < 4.78 is 4.92. The second kappa shape index (κ2) is 11.2. The van der Waals surface area contributed by atoms with Crippen molar-refractivity contribution in [1.82, 2.24) is 23.6 Å². The summed E-state index contributed by atoms with van der Waals surface area (Å²) in [5.41, 5.74) is 0. The smallest absolute Gasteiger partial charge is 0.228 e. The van der Waals surface area contributed by atoms with Gasteiger partial charge in [0.1, 0.15) is 10.6 Å². The molecular weight excluding hydrogens is 513 g/mol. The van der Waals surface area contributed by atoms with Crippen LogP contribution in [0.4, 0.5) is 16.9 Å². The van der Waals surface area contributed by atoms with Crippen molar-refractivity contribution in [3.05, 3.63) is 22.5 Å². The fraction of sp³-hybridized carbons (Fsp3) is 0.583. The van der Waals surface area contributed by atoms with Crippen LogP contribution in [0.15, 0.2) is 17.6 Å². The summed E-state index contributed by atoms with van der Waals surface area (Å²) in [4.78, 5) is 18.3. The minimum Gasteiger partial charge on any atom is -0.391 e. The summed E-state index contributed by atoms with van der Waals surface area (Å²) in [7, 11) is 2.12. The number of thiazole rings is 1. The third-order valence-electron chi connectivity index (χ3n) is 7.10. The Labute approximate surface area is 224 Å². The first-order valence-corrected chi connectivity index (χ1v) is 14.9. The molecule has 0 radical (unpaired) electrons. The van der Waals surface area contributed by atoms with Crippen molar-refractivity contribution < 1.29 is 5.11 Å². The van der Waals surface area contributed by atoms with Gasteiger partial charge in [-0.15, -0.1) is 11.3 Å². The fourth-order valence-electron chi connectivity index (χ4n) is 4.89. The van der Waals surface area contributed by atoms with E-state index < -0.39 is 0 Å². The number of aliphatic hydroxyl groups excluding tert-OH is 1. The molecule has 2 aliphatic rings. The summed E-state index contributed by atoms with van der Waals surface area (Å²) in [5, 5.41) is 25.6. The molecular formula is C24H32N8OS3. The van der Waals surface area contributed by atoms with E-state index in [1.807, 2.05) is 23.6 Å². The molecule has 3 aromatic heterocycles. The van der Waals surface area contributed by atoms with E-state index in [4.69, 9.17) is 15.2 Å². The number of thiophene rings is 1. The molecule has 36 heavy (non-hydrogen) atoms. The van der Waals surface area contributed by atoms with Gasteiger partial charge in [0.15, 0.2) is 5.13 Å². The van der Waals surface area contributed by atoms with E-state index in [-0.39, 0.29) is 12.5 Å². The van der Waals surface area contributed by atoms with Gasteiger partial charge in [0.25, 0.3) is 0 Å². The number of nitrogens with zero attached hydrogens (tertiary/aromatic N) is 7.